The molecule has 1 aliphatic heterocycles. The molecule has 3 amide bonds. The van der Waals surface area contributed by atoms with Crippen molar-refractivity contribution in [3.8, 4) is 0 Å². The lowest BCUT2D eigenvalue weighted by molar-refractivity contribution is -0.132. The Balaban J connectivity index is 1.72. The van der Waals surface area contributed by atoms with E-state index < -0.39 is 0 Å². The molecular formula is C16H23FN4O2. The second-order valence-corrected chi connectivity index (χ2v) is 5.65. The fraction of sp³-hybridized carbons (Fsp3) is 0.500. The molecule has 0 atom stereocenters. The summed E-state index contributed by atoms with van der Waals surface area (Å²) in [6.45, 7) is 1.81. The summed E-state index contributed by atoms with van der Waals surface area (Å²) in [5.41, 5.74) is 5.95. The van der Waals surface area contributed by atoms with Gasteiger partial charge in [0.25, 0.3) is 0 Å². The smallest absolute Gasteiger partial charge is 0.319 e. The Labute approximate surface area is 135 Å². The molecule has 0 aliphatic carbocycles. The molecule has 1 aromatic rings. The van der Waals surface area contributed by atoms with Crippen LogP contribution in [0.25, 0.3) is 0 Å². The number of hydrogen-bond acceptors (Lipinski definition) is 3. The number of likely N-dealkylation sites (tertiary alicyclic amines) is 1. The van der Waals surface area contributed by atoms with E-state index in [4.69, 9.17) is 5.73 Å². The zero-order valence-corrected chi connectivity index (χ0v) is 13.1. The molecule has 0 unspecified atom stereocenters. The lowest BCUT2D eigenvalue weighted by Crippen LogP contribution is -2.47. The molecule has 0 aromatic heterocycles. The summed E-state index contributed by atoms with van der Waals surface area (Å²) in [7, 11) is 0. The van der Waals surface area contributed by atoms with Gasteiger partial charge in [-0.3, -0.25) is 4.79 Å². The maximum atomic E-state index is 12.8. The number of anilines is 1. The predicted molar refractivity (Wildman–Crippen MR) is 86.4 cm³/mol. The minimum Gasteiger partial charge on any atom is -0.343 e. The van der Waals surface area contributed by atoms with Gasteiger partial charge in [-0.05, 0) is 50.1 Å². The number of halogens is 1. The molecule has 1 aliphatic rings. The highest BCUT2D eigenvalue weighted by atomic mass is 19.1. The zero-order chi connectivity index (χ0) is 16.7. The van der Waals surface area contributed by atoms with Crippen molar-refractivity contribution in [3.05, 3.63) is 30.1 Å². The molecule has 0 saturated carbocycles. The third-order valence-corrected chi connectivity index (χ3v) is 3.88. The number of rotatable bonds is 5. The van der Waals surface area contributed by atoms with Crippen LogP contribution in [0.15, 0.2) is 24.3 Å². The van der Waals surface area contributed by atoms with Gasteiger partial charge in [0, 0.05) is 31.2 Å². The number of carbonyl (C=O) groups excluding carboxylic acids is 2. The number of nitrogens with two attached hydrogens (primary N) is 1. The van der Waals surface area contributed by atoms with Gasteiger partial charge in [-0.25, -0.2) is 9.18 Å². The number of carbonyl (C=O) groups is 2. The molecular weight excluding hydrogens is 299 g/mol. The first-order chi connectivity index (χ1) is 11.1. The second-order valence-electron chi connectivity index (χ2n) is 5.65. The lowest BCUT2D eigenvalue weighted by Gasteiger charge is -2.32. The Bertz CT molecular complexity index is 527. The minimum atomic E-state index is -0.345. The van der Waals surface area contributed by atoms with Crippen LogP contribution in [0.4, 0.5) is 14.9 Å². The molecule has 0 bridgehead atoms. The van der Waals surface area contributed by atoms with Gasteiger partial charge < -0.3 is 21.3 Å². The van der Waals surface area contributed by atoms with Crippen LogP contribution in [0.1, 0.15) is 25.7 Å². The SMILES string of the molecule is NCCCC(=O)N1CCC(NC(=O)Nc2ccc(F)cc2)CC1. The van der Waals surface area contributed by atoms with Gasteiger partial charge in [-0.2, -0.15) is 0 Å². The van der Waals surface area contributed by atoms with Crippen LogP contribution in [-0.2, 0) is 4.79 Å². The Morgan fingerprint density at radius 3 is 2.48 bits per heavy atom. The number of nitrogens with zero attached hydrogens (tertiary/aromatic N) is 1. The molecule has 0 spiro atoms. The fourth-order valence-corrected chi connectivity index (χ4v) is 2.57. The highest BCUT2D eigenvalue weighted by molar-refractivity contribution is 5.89. The number of piperidine rings is 1. The largest absolute Gasteiger partial charge is 0.343 e. The van der Waals surface area contributed by atoms with E-state index in [-0.39, 0.29) is 23.8 Å². The summed E-state index contributed by atoms with van der Waals surface area (Å²) in [6.07, 6.45) is 2.65. The molecule has 6 nitrogen and oxygen atoms in total. The number of nitrogens with one attached hydrogen (secondary N) is 2. The van der Waals surface area contributed by atoms with E-state index in [0.717, 1.165) is 12.8 Å². The first kappa shape index (κ1) is 17.2. The van der Waals surface area contributed by atoms with Crippen molar-refractivity contribution < 1.29 is 14.0 Å². The van der Waals surface area contributed by atoms with Crippen LogP contribution < -0.4 is 16.4 Å². The van der Waals surface area contributed by atoms with E-state index in [9.17, 15) is 14.0 Å². The summed E-state index contributed by atoms with van der Waals surface area (Å²) in [4.78, 5) is 25.6. The fourth-order valence-electron chi connectivity index (χ4n) is 2.57. The maximum Gasteiger partial charge on any atom is 0.319 e. The molecule has 4 N–H and O–H groups in total. The van der Waals surface area contributed by atoms with Crippen LogP contribution in [-0.4, -0.2) is 42.5 Å². The molecule has 2 rings (SSSR count). The third kappa shape index (κ3) is 5.52. The zero-order valence-electron chi connectivity index (χ0n) is 13.1. The van der Waals surface area contributed by atoms with Crippen LogP contribution in [0.5, 0.6) is 0 Å². The number of urea groups is 1. The first-order valence-corrected chi connectivity index (χ1v) is 7.89. The molecule has 0 radical (unpaired) electrons. The van der Waals surface area contributed by atoms with Crippen LogP contribution in [0.3, 0.4) is 0 Å². The van der Waals surface area contributed by atoms with Gasteiger partial charge in [0.05, 0.1) is 0 Å². The maximum absolute atomic E-state index is 12.8. The van der Waals surface area contributed by atoms with Crippen molar-refractivity contribution >= 4 is 17.6 Å². The summed E-state index contributed by atoms with van der Waals surface area (Å²) in [5, 5.41) is 5.55. The Hall–Kier alpha value is -2.15. The van der Waals surface area contributed by atoms with E-state index in [1.165, 1.54) is 24.3 Å². The number of hydrogen-bond donors (Lipinski definition) is 3. The van der Waals surface area contributed by atoms with Gasteiger partial charge >= 0.3 is 6.03 Å². The second kappa shape index (κ2) is 8.47. The standard InChI is InChI=1S/C16H23FN4O2/c17-12-3-5-13(6-4-12)19-16(23)20-14-7-10-21(11-8-14)15(22)2-1-9-18/h3-6,14H,1-2,7-11,18H2,(H2,19,20,23). The van der Waals surface area contributed by atoms with E-state index in [1.54, 1.807) is 0 Å². The van der Waals surface area contributed by atoms with Crippen LogP contribution in [0.2, 0.25) is 0 Å². The summed E-state index contributed by atoms with van der Waals surface area (Å²) >= 11 is 0. The van der Waals surface area contributed by atoms with Crippen molar-refractivity contribution in [2.24, 2.45) is 5.73 Å². The molecule has 1 heterocycles. The third-order valence-electron chi connectivity index (χ3n) is 3.88. The number of amides is 3. The predicted octanol–water partition coefficient (Wildman–Crippen LogP) is 1.68. The quantitative estimate of drug-likeness (QED) is 0.771. The van der Waals surface area contributed by atoms with Gasteiger partial charge in [0.2, 0.25) is 5.91 Å². The van der Waals surface area contributed by atoms with E-state index >= 15 is 0 Å². The monoisotopic (exact) mass is 322 g/mol. The van der Waals surface area contributed by atoms with Crippen molar-refractivity contribution in [2.45, 2.75) is 31.7 Å². The minimum absolute atomic E-state index is 0.0361. The highest BCUT2D eigenvalue weighted by Gasteiger charge is 2.23. The van der Waals surface area contributed by atoms with Crippen molar-refractivity contribution in [3.63, 3.8) is 0 Å². The van der Waals surface area contributed by atoms with Crippen molar-refractivity contribution in [1.29, 1.82) is 0 Å². The van der Waals surface area contributed by atoms with Gasteiger partial charge in [-0.15, -0.1) is 0 Å². The normalized spacial score (nSPS) is 15.3. The Morgan fingerprint density at radius 2 is 1.87 bits per heavy atom. The molecule has 1 saturated heterocycles. The van der Waals surface area contributed by atoms with Gasteiger partial charge in [-0.1, -0.05) is 0 Å². The summed E-state index contributed by atoms with van der Waals surface area (Å²) < 4.78 is 12.8. The summed E-state index contributed by atoms with van der Waals surface area (Å²) in [5.74, 6) is -0.215. The average Bonchev–Trinajstić information content (AvgIpc) is 2.55. The van der Waals surface area contributed by atoms with Crippen LogP contribution in [0, 0.1) is 5.82 Å². The molecule has 1 aromatic carbocycles. The summed E-state index contributed by atoms with van der Waals surface area (Å²) in [6, 6.07) is 5.32. The van der Waals surface area contributed by atoms with E-state index in [2.05, 4.69) is 10.6 Å². The average molecular weight is 322 g/mol. The van der Waals surface area contributed by atoms with E-state index in [0.29, 0.717) is 38.2 Å². The topological polar surface area (TPSA) is 87.5 Å². The molecule has 126 valence electrons. The Morgan fingerprint density at radius 1 is 1.22 bits per heavy atom. The van der Waals surface area contributed by atoms with Gasteiger partial charge in [0.1, 0.15) is 5.82 Å². The molecule has 23 heavy (non-hydrogen) atoms. The number of benzene rings is 1. The van der Waals surface area contributed by atoms with E-state index in [1.807, 2.05) is 4.90 Å². The molecule has 7 heteroatoms. The van der Waals surface area contributed by atoms with Crippen LogP contribution >= 0.6 is 0 Å². The van der Waals surface area contributed by atoms with Gasteiger partial charge in [0.15, 0.2) is 0 Å². The highest BCUT2D eigenvalue weighted by Crippen LogP contribution is 2.13. The van der Waals surface area contributed by atoms with Crippen molar-refractivity contribution in [2.75, 3.05) is 25.0 Å². The van der Waals surface area contributed by atoms with Crippen molar-refractivity contribution in [1.82, 2.24) is 10.2 Å². The lowest BCUT2D eigenvalue weighted by atomic mass is 10.0. The first-order valence-electron chi connectivity index (χ1n) is 7.89. The molecule has 1 fully saturated rings. The Kier molecular flexibility index (Phi) is 6.34.